The van der Waals surface area contributed by atoms with Gasteiger partial charge in [0.2, 0.25) is 0 Å². The average molecular weight is 217 g/mol. The highest BCUT2D eigenvalue weighted by Gasteiger charge is 2.30. The quantitative estimate of drug-likeness (QED) is 0.835. The lowest BCUT2D eigenvalue weighted by Crippen LogP contribution is -2.42. The first-order valence-electron chi connectivity index (χ1n) is 6.03. The lowest BCUT2D eigenvalue weighted by Gasteiger charge is -2.21. The van der Waals surface area contributed by atoms with Gasteiger partial charge in [-0.05, 0) is 43.4 Å². The predicted octanol–water partition coefficient (Wildman–Crippen LogP) is 1.97. The van der Waals surface area contributed by atoms with Crippen LogP contribution in [0.15, 0.2) is 24.3 Å². The molecule has 1 aliphatic carbocycles. The van der Waals surface area contributed by atoms with E-state index in [0.29, 0.717) is 5.92 Å². The Bertz CT molecular complexity index is 361. The largest absolute Gasteiger partial charge is 0.308 e. The standard InChI is InChI=1S/C14H19NO/c1-3-15-14(10(2)16)13-8-11-6-4-5-7-12(11)9-13/h4-7,13-15H,3,8-9H2,1-2H3. The highest BCUT2D eigenvalue weighted by atomic mass is 16.1. The van der Waals surface area contributed by atoms with E-state index in [1.54, 1.807) is 6.92 Å². The molecule has 0 saturated heterocycles. The Morgan fingerprint density at radius 1 is 1.38 bits per heavy atom. The van der Waals surface area contributed by atoms with Crippen LogP contribution in [0.2, 0.25) is 0 Å². The first-order chi connectivity index (χ1) is 7.72. The van der Waals surface area contributed by atoms with E-state index in [-0.39, 0.29) is 11.8 Å². The van der Waals surface area contributed by atoms with Crippen molar-refractivity contribution >= 4 is 5.78 Å². The van der Waals surface area contributed by atoms with Gasteiger partial charge < -0.3 is 5.32 Å². The van der Waals surface area contributed by atoms with Crippen molar-refractivity contribution in [3.8, 4) is 0 Å². The Balaban J connectivity index is 2.12. The number of nitrogens with one attached hydrogen (secondary N) is 1. The van der Waals surface area contributed by atoms with Crippen molar-refractivity contribution in [3.63, 3.8) is 0 Å². The number of benzene rings is 1. The number of carbonyl (C=O) groups is 1. The Kier molecular flexibility index (Phi) is 3.39. The molecule has 0 aliphatic heterocycles. The smallest absolute Gasteiger partial charge is 0.146 e. The maximum Gasteiger partial charge on any atom is 0.146 e. The van der Waals surface area contributed by atoms with Gasteiger partial charge in [0.05, 0.1) is 6.04 Å². The molecule has 0 aromatic heterocycles. The van der Waals surface area contributed by atoms with Crippen molar-refractivity contribution in [1.29, 1.82) is 0 Å². The Morgan fingerprint density at radius 3 is 2.38 bits per heavy atom. The van der Waals surface area contributed by atoms with Crippen LogP contribution in [0.4, 0.5) is 0 Å². The summed E-state index contributed by atoms with van der Waals surface area (Å²) in [6, 6.07) is 8.54. The molecule has 0 fully saturated rings. The van der Waals surface area contributed by atoms with E-state index >= 15 is 0 Å². The molecule has 1 aliphatic rings. The normalized spacial score (nSPS) is 17.1. The number of likely N-dealkylation sites (N-methyl/N-ethyl adjacent to an activating group) is 1. The lowest BCUT2D eigenvalue weighted by molar-refractivity contribution is -0.120. The molecule has 86 valence electrons. The van der Waals surface area contributed by atoms with Gasteiger partial charge in [0.1, 0.15) is 5.78 Å². The molecule has 0 saturated carbocycles. The van der Waals surface area contributed by atoms with Crippen LogP contribution in [-0.4, -0.2) is 18.4 Å². The second-order valence-corrected chi connectivity index (χ2v) is 4.58. The van der Waals surface area contributed by atoms with Gasteiger partial charge in [0.25, 0.3) is 0 Å². The third-order valence-corrected chi connectivity index (χ3v) is 3.42. The van der Waals surface area contributed by atoms with Gasteiger partial charge in [0, 0.05) is 0 Å². The summed E-state index contributed by atoms with van der Waals surface area (Å²) in [5, 5.41) is 3.31. The van der Waals surface area contributed by atoms with E-state index in [0.717, 1.165) is 19.4 Å². The van der Waals surface area contributed by atoms with E-state index in [9.17, 15) is 4.79 Å². The topological polar surface area (TPSA) is 29.1 Å². The fourth-order valence-corrected chi connectivity index (χ4v) is 2.69. The van der Waals surface area contributed by atoms with Crippen LogP contribution in [0.25, 0.3) is 0 Å². The monoisotopic (exact) mass is 217 g/mol. The fourth-order valence-electron chi connectivity index (χ4n) is 2.69. The van der Waals surface area contributed by atoms with Crippen LogP contribution >= 0.6 is 0 Å². The number of hydrogen-bond donors (Lipinski definition) is 1. The number of hydrogen-bond acceptors (Lipinski definition) is 2. The van der Waals surface area contributed by atoms with E-state index < -0.39 is 0 Å². The maximum atomic E-state index is 11.6. The minimum atomic E-state index is 0.0254. The maximum absolute atomic E-state index is 11.6. The van der Waals surface area contributed by atoms with Gasteiger partial charge >= 0.3 is 0 Å². The summed E-state index contributed by atoms with van der Waals surface area (Å²) in [6.45, 7) is 4.60. The molecule has 2 nitrogen and oxygen atoms in total. The molecule has 0 spiro atoms. The van der Waals surface area contributed by atoms with E-state index in [4.69, 9.17) is 0 Å². The van der Waals surface area contributed by atoms with Gasteiger partial charge in [-0.2, -0.15) is 0 Å². The van der Waals surface area contributed by atoms with Gasteiger partial charge in [-0.25, -0.2) is 0 Å². The molecule has 0 radical (unpaired) electrons. The van der Waals surface area contributed by atoms with Crippen LogP contribution in [0.1, 0.15) is 25.0 Å². The zero-order valence-electron chi connectivity index (χ0n) is 9.99. The number of rotatable bonds is 4. The summed E-state index contributed by atoms with van der Waals surface area (Å²) in [4.78, 5) is 11.6. The molecule has 1 unspecified atom stereocenters. The second kappa shape index (κ2) is 4.79. The van der Waals surface area contributed by atoms with Crippen molar-refractivity contribution in [2.24, 2.45) is 5.92 Å². The zero-order valence-corrected chi connectivity index (χ0v) is 9.99. The van der Waals surface area contributed by atoms with Gasteiger partial charge in [-0.15, -0.1) is 0 Å². The number of Topliss-reactive ketones (excluding diaryl/α,β-unsaturated/α-hetero) is 1. The second-order valence-electron chi connectivity index (χ2n) is 4.58. The molecule has 0 heterocycles. The van der Waals surface area contributed by atoms with Crippen LogP contribution in [0.3, 0.4) is 0 Å². The van der Waals surface area contributed by atoms with Crippen molar-refractivity contribution in [1.82, 2.24) is 5.32 Å². The summed E-state index contributed by atoms with van der Waals surface area (Å²) >= 11 is 0. The van der Waals surface area contributed by atoms with Crippen LogP contribution in [-0.2, 0) is 17.6 Å². The highest BCUT2D eigenvalue weighted by molar-refractivity contribution is 5.82. The van der Waals surface area contributed by atoms with Crippen molar-refractivity contribution < 1.29 is 4.79 Å². The molecule has 2 heteroatoms. The SMILES string of the molecule is CCNC(C(C)=O)C1Cc2ccccc2C1. The summed E-state index contributed by atoms with van der Waals surface area (Å²) in [7, 11) is 0. The van der Waals surface area contributed by atoms with Crippen LogP contribution in [0, 0.1) is 5.92 Å². The highest BCUT2D eigenvalue weighted by Crippen LogP contribution is 2.28. The molecule has 1 aromatic carbocycles. The van der Waals surface area contributed by atoms with E-state index in [1.165, 1.54) is 11.1 Å². The third-order valence-electron chi connectivity index (χ3n) is 3.42. The molecule has 1 atom stereocenters. The van der Waals surface area contributed by atoms with Crippen molar-refractivity contribution in [2.75, 3.05) is 6.54 Å². The Hall–Kier alpha value is -1.15. The number of fused-ring (bicyclic) bond motifs is 1. The molecule has 1 N–H and O–H groups in total. The van der Waals surface area contributed by atoms with Crippen molar-refractivity contribution in [2.45, 2.75) is 32.7 Å². The van der Waals surface area contributed by atoms with Crippen LogP contribution < -0.4 is 5.32 Å². The summed E-state index contributed by atoms with van der Waals surface area (Å²) in [5.41, 5.74) is 2.83. The molecular weight excluding hydrogens is 198 g/mol. The number of ketones is 1. The summed E-state index contributed by atoms with van der Waals surface area (Å²) in [5.74, 6) is 0.703. The molecule has 2 rings (SSSR count). The van der Waals surface area contributed by atoms with E-state index in [2.05, 4.69) is 36.5 Å². The first-order valence-corrected chi connectivity index (χ1v) is 6.03. The molecule has 0 bridgehead atoms. The summed E-state index contributed by atoms with van der Waals surface area (Å²) in [6.07, 6.45) is 2.07. The first kappa shape index (κ1) is 11.3. The van der Waals surface area contributed by atoms with Gasteiger partial charge in [-0.1, -0.05) is 31.2 Å². The van der Waals surface area contributed by atoms with Gasteiger partial charge in [-0.3, -0.25) is 4.79 Å². The third kappa shape index (κ3) is 2.17. The lowest BCUT2D eigenvalue weighted by atomic mass is 9.94. The van der Waals surface area contributed by atoms with Crippen molar-refractivity contribution in [3.05, 3.63) is 35.4 Å². The van der Waals surface area contributed by atoms with Gasteiger partial charge in [0.15, 0.2) is 0 Å². The Morgan fingerprint density at radius 2 is 1.94 bits per heavy atom. The predicted molar refractivity (Wildman–Crippen MR) is 65.5 cm³/mol. The number of carbonyl (C=O) groups excluding carboxylic acids is 1. The molecule has 16 heavy (non-hydrogen) atoms. The van der Waals surface area contributed by atoms with E-state index in [1.807, 2.05) is 0 Å². The van der Waals surface area contributed by atoms with Crippen LogP contribution in [0.5, 0.6) is 0 Å². The molecular formula is C14H19NO. The fraction of sp³-hybridized carbons (Fsp3) is 0.500. The average Bonchev–Trinajstić information content (AvgIpc) is 2.68. The Labute approximate surface area is 97.1 Å². The minimum Gasteiger partial charge on any atom is -0.308 e. The summed E-state index contributed by atoms with van der Waals surface area (Å²) < 4.78 is 0. The molecule has 1 aromatic rings. The zero-order chi connectivity index (χ0) is 11.5. The minimum absolute atomic E-state index is 0.0254. The molecule has 0 amide bonds.